The van der Waals surface area contributed by atoms with Crippen molar-refractivity contribution in [1.82, 2.24) is 0 Å². The van der Waals surface area contributed by atoms with E-state index >= 15 is 0 Å². The van der Waals surface area contributed by atoms with Gasteiger partial charge in [0, 0.05) is 22.3 Å². The van der Waals surface area contributed by atoms with Crippen LogP contribution in [-0.2, 0) is 0 Å². The molecular formula is C13H25NS. The summed E-state index contributed by atoms with van der Waals surface area (Å²) in [5, 5.41) is 0. The summed E-state index contributed by atoms with van der Waals surface area (Å²) >= 11 is 2.00. The van der Waals surface area contributed by atoms with Crippen molar-refractivity contribution in [1.29, 1.82) is 0 Å². The van der Waals surface area contributed by atoms with Gasteiger partial charge in [0.15, 0.2) is 0 Å². The highest BCUT2D eigenvalue weighted by Crippen LogP contribution is 2.30. The van der Waals surface area contributed by atoms with E-state index in [1.165, 1.54) is 11.5 Å². The van der Waals surface area contributed by atoms with Crippen LogP contribution in [0.15, 0.2) is 0 Å². The summed E-state index contributed by atoms with van der Waals surface area (Å²) in [7, 11) is 0. The monoisotopic (exact) mass is 227 g/mol. The van der Waals surface area contributed by atoms with Crippen LogP contribution in [-0.4, -0.2) is 17.5 Å². The molecule has 15 heavy (non-hydrogen) atoms. The molecule has 0 spiro atoms. The largest absolute Gasteiger partial charge is 0.328 e. The molecule has 0 radical (unpaired) electrons. The summed E-state index contributed by atoms with van der Waals surface area (Å²) in [4.78, 5) is 0. The maximum atomic E-state index is 5.11. The number of hydrogen-bond donors (Lipinski definition) is 1. The fourth-order valence-electron chi connectivity index (χ4n) is 0.972. The van der Waals surface area contributed by atoms with Crippen molar-refractivity contribution in [3.8, 4) is 11.8 Å². The van der Waals surface area contributed by atoms with E-state index in [4.69, 9.17) is 5.73 Å². The van der Waals surface area contributed by atoms with Gasteiger partial charge in [-0.1, -0.05) is 25.7 Å². The Morgan fingerprint density at radius 2 is 1.27 bits per heavy atom. The molecule has 0 unspecified atom stereocenters. The first-order valence-electron chi connectivity index (χ1n) is 5.52. The van der Waals surface area contributed by atoms with Crippen LogP contribution in [0.4, 0.5) is 0 Å². The Balaban J connectivity index is 0.000000423. The second kappa shape index (κ2) is 5.82. The molecule has 2 heteroatoms. The maximum absolute atomic E-state index is 5.11. The summed E-state index contributed by atoms with van der Waals surface area (Å²) in [6.07, 6.45) is 0. The molecule has 0 aromatic heterocycles. The zero-order valence-corrected chi connectivity index (χ0v) is 11.8. The van der Waals surface area contributed by atoms with Crippen LogP contribution in [0, 0.1) is 22.7 Å². The molecule has 1 aliphatic rings. The number of rotatable bonds is 0. The fourth-order valence-corrected chi connectivity index (χ4v) is 2.24. The highest BCUT2D eigenvalue weighted by atomic mass is 32.2. The highest BCUT2D eigenvalue weighted by Gasteiger charge is 2.23. The number of thioether (sulfide) groups is 1. The minimum Gasteiger partial charge on any atom is -0.328 e. The van der Waals surface area contributed by atoms with Gasteiger partial charge in [0.1, 0.15) is 0 Å². The molecule has 0 saturated carbocycles. The predicted octanol–water partition coefficient (Wildman–Crippen LogP) is 3.14. The Morgan fingerprint density at radius 3 is 1.53 bits per heavy atom. The maximum Gasteiger partial charge on any atom is 0.0348 e. The van der Waals surface area contributed by atoms with Gasteiger partial charge < -0.3 is 5.73 Å². The van der Waals surface area contributed by atoms with E-state index in [9.17, 15) is 0 Å². The normalized spacial score (nSPS) is 21.9. The molecule has 0 bridgehead atoms. The van der Waals surface area contributed by atoms with Crippen molar-refractivity contribution in [3.05, 3.63) is 0 Å². The Kier molecular flexibility index (Phi) is 5.77. The Labute approximate surface area is 99.6 Å². The third-order valence-electron chi connectivity index (χ3n) is 1.67. The van der Waals surface area contributed by atoms with Crippen LogP contribution in [0.1, 0.15) is 41.5 Å². The standard InChI is InChI=1S/C10H16S.C3H9N/c1-9(2)5-6-10(3,4)8-11-7-9;1-3(2)4/h7-8H2,1-4H3;3H,4H2,1-2H3. The van der Waals surface area contributed by atoms with Crippen LogP contribution >= 0.6 is 11.8 Å². The Morgan fingerprint density at radius 1 is 1.00 bits per heavy atom. The summed E-state index contributed by atoms with van der Waals surface area (Å²) < 4.78 is 0. The van der Waals surface area contributed by atoms with Gasteiger partial charge in [-0.2, -0.15) is 11.8 Å². The van der Waals surface area contributed by atoms with Crippen LogP contribution in [0.5, 0.6) is 0 Å². The van der Waals surface area contributed by atoms with E-state index in [-0.39, 0.29) is 10.8 Å². The van der Waals surface area contributed by atoms with E-state index in [1.54, 1.807) is 0 Å². The quantitative estimate of drug-likeness (QED) is 0.643. The van der Waals surface area contributed by atoms with E-state index in [1.807, 2.05) is 25.6 Å². The second-order valence-corrected chi connectivity index (χ2v) is 6.74. The van der Waals surface area contributed by atoms with E-state index < -0.39 is 0 Å². The van der Waals surface area contributed by atoms with Gasteiger partial charge in [-0.15, -0.1) is 0 Å². The summed E-state index contributed by atoms with van der Waals surface area (Å²) in [5.74, 6) is 9.02. The van der Waals surface area contributed by atoms with Crippen LogP contribution in [0.3, 0.4) is 0 Å². The van der Waals surface area contributed by atoms with Gasteiger partial charge in [0.2, 0.25) is 0 Å². The van der Waals surface area contributed by atoms with Crippen molar-refractivity contribution in [2.45, 2.75) is 47.6 Å². The molecule has 0 aliphatic carbocycles. The summed E-state index contributed by atoms with van der Waals surface area (Å²) in [6, 6.07) is 0.333. The van der Waals surface area contributed by atoms with Gasteiger partial charge in [-0.3, -0.25) is 0 Å². The van der Waals surface area contributed by atoms with Crippen molar-refractivity contribution in [3.63, 3.8) is 0 Å². The van der Waals surface area contributed by atoms with E-state index in [0.29, 0.717) is 6.04 Å². The second-order valence-electron chi connectivity index (χ2n) is 5.75. The molecule has 0 amide bonds. The molecule has 2 N–H and O–H groups in total. The SMILES string of the molecule is CC(C)N.CC1(C)C#CC(C)(C)CSC1. The Hall–Kier alpha value is -0.130. The van der Waals surface area contributed by atoms with Crippen molar-refractivity contribution >= 4 is 11.8 Å². The lowest BCUT2D eigenvalue weighted by atomic mass is 9.92. The van der Waals surface area contributed by atoms with Crippen molar-refractivity contribution < 1.29 is 0 Å². The number of hydrogen-bond acceptors (Lipinski definition) is 2. The van der Waals surface area contributed by atoms with Gasteiger partial charge in [-0.05, 0) is 33.7 Å². The molecule has 0 aromatic rings. The molecule has 0 aromatic carbocycles. The van der Waals surface area contributed by atoms with Gasteiger partial charge in [0.25, 0.3) is 0 Å². The average molecular weight is 227 g/mol. The van der Waals surface area contributed by atoms with Crippen LogP contribution in [0.2, 0.25) is 0 Å². The molecule has 88 valence electrons. The first-order chi connectivity index (χ1) is 6.65. The third-order valence-corrected chi connectivity index (χ3v) is 3.52. The highest BCUT2D eigenvalue weighted by molar-refractivity contribution is 7.99. The van der Waals surface area contributed by atoms with Gasteiger partial charge >= 0.3 is 0 Å². The smallest absolute Gasteiger partial charge is 0.0348 e. The lowest BCUT2D eigenvalue weighted by Crippen LogP contribution is -2.11. The topological polar surface area (TPSA) is 26.0 Å². The molecule has 1 heterocycles. The molecule has 1 nitrogen and oxygen atoms in total. The molecule has 1 rings (SSSR count). The summed E-state index contributed by atoms with van der Waals surface area (Å²) in [6.45, 7) is 12.8. The molecule has 1 aliphatic heterocycles. The van der Waals surface area contributed by atoms with Crippen molar-refractivity contribution in [2.75, 3.05) is 11.5 Å². The fraction of sp³-hybridized carbons (Fsp3) is 0.846. The van der Waals surface area contributed by atoms with Crippen LogP contribution in [0.25, 0.3) is 0 Å². The zero-order chi connectivity index (χ0) is 12.1. The van der Waals surface area contributed by atoms with Gasteiger partial charge in [-0.25, -0.2) is 0 Å². The summed E-state index contributed by atoms with van der Waals surface area (Å²) in [5.41, 5.74) is 5.55. The first-order valence-corrected chi connectivity index (χ1v) is 6.68. The lowest BCUT2D eigenvalue weighted by molar-refractivity contribution is 0.574. The average Bonchev–Trinajstić information content (AvgIpc) is 2.09. The molecule has 0 saturated heterocycles. The van der Waals surface area contributed by atoms with E-state index in [0.717, 1.165) is 0 Å². The third kappa shape index (κ3) is 8.84. The predicted molar refractivity (Wildman–Crippen MR) is 72.0 cm³/mol. The van der Waals surface area contributed by atoms with Crippen molar-refractivity contribution in [2.24, 2.45) is 16.6 Å². The minimum absolute atomic E-state index is 0.221. The zero-order valence-electron chi connectivity index (χ0n) is 11.0. The van der Waals surface area contributed by atoms with Gasteiger partial charge in [0.05, 0.1) is 0 Å². The molecule has 0 atom stereocenters. The van der Waals surface area contributed by atoms with E-state index in [2.05, 4.69) is 39.5 Å². The first kappa shape index (κ1) is 14.9. The minimum atomic E-state index is 0.221. The lowest BCUT2D eigenvalue weighted by Gasteiger charge is -2.15. The Bertz CT molecular complexity index is 220. The number of nitrogens with two attached hydrogens (primary N) is 1. The molecule has 0 fully saturated rings. The van der Waals surface area contributed by atoms with Crippen LogP contribution < -0.4 is 5.73 Å². The molecular weight excluding hydrogens is 202 g/mol.